The van der Waals surface area contributed by atoms with E-state index in [1.807, 2.05) is 65.6 Å². The number of carbonyl (C=O) groups is 1. The molecule has 5 rings (SSSR count). The molecule has 4 nitrogen and oxygen atoms in total. The third-order valence-corrected chi connectivity index (χ3v) is 7.22. The summed E-state index contributed by atoms with van der Waals surface area (Å²) in [6.07, 6.45) is 2.45. The summed E-state index contributed by atoms with van der Waals surface area (Å²) in [6, 6.07) is 36.8. The largest absolute Gasteiger partial charge is 0.489 e. The summed E-state index contributed by atoms with van der Waals surface area (Å²) in [5.74, 6) is 1.32. The van der Waals surface area contributed by atoms with Gasteiger partial charge in [-0.2, -0.15) is 0 Å². The van der Waals surface area contributed by atoms with Crippen LogP contribution in [0.2, 0.25) is 0 Å². The normalized spacial score (nSPS) is 14.8. The van der Waals surface area contributed by atoms with Gasteiger partial charge < -0.3 is 15.4 Å². The lowest BCUT2D eigenvalue weighted by molar-refractivity contribution is -0.133. The third kappa shape index (κ3) is 6.46. The second-order valence-electron chi connectivity index (χ2n) is 9.82. The highest BCUT2D eigenvalue weighted by Crippen LogP contribution is 2.31. The molecule has 1 aliphatic heterocycles. The predicted molar refractivity (Wildman–Crippen MR) is 149 cm³/mol. The lowest BCUT2D eigenvalue weighted by Gasteiger charge is -2.34. The molecule has 0 bridgehead atoms. The van der Waals surface area contributed by atoms with E-state index in [1.165, 1.54) is 16.7 Å². The van der Waals surface area contributed by atoms with Crippen molar-refractivity contribution in [3.63, 3.8) is 0 Å². The minimum absolute atomic E-state index is 0.0425. The molecule has 4 heteroatoms. The van der Waals surface area contributed by atoms with Gasteiger partial charge in [0.05, 0.1) is 6.04 Å². The van der Waals surface area contributed by atoms with Gasteiger partial charge in [0.1, 0.15) is 12.4 Å². The first-order valence-electron chi connectivity index (χ1n) is 13.1. The molecule has 4 aromatic carbocycles. The fourth-order valence-corrected chi connectivity index (χ4v) is 5.07. The Balaban J connectivity index is 1.11. The molecule has 4 aromatic rings. The Morgan fingerprint density at radius 1 is 0.784 bits per heavy atom. The zero-order valence-electron chi connectivity index (χ0n) is 21.1. The van der Waals surface area contributed by atoms with Crippen molar-refractivity contribution in [1.82, 2.24) is 4.90 Å². The highest BCUT2D eigenvalue weighted by Gasteiger charge is 2.27. The number of carbonyl (C=O) groups excluding carboxylic acids is 1. The van der Waals surface area contributed by atoms with Gasteiger partial charge in [-0.15, -0.1) is 0 Å². The van der Waals surface area contributed by atoms with E-state index in [0.717, 1.165) is 42.8 Å². The predicted octanol–water partition coefficient (Wildman–Crippen LogP) is 6.21. The molecule has 188 valence electrons. The van der Waals surface area contributed by atoms with E-state index >= 15 is 0 Å². The third-order valence-electron chi connectivity index (χ3n) is 7.22. The van der Waals surface area contributed by atoms with Gasteiger partial charge >= 0.3 is 0 Å². The van der Waals surface area contributed by atoms with Gasteiger partial charge in [0.25, 0.3) is 0 Å². The molecule has 0 aromatic heterocycles. The van der Waals surface area contributed by atoms with Gasteiger partial charge in [-0.25, -0.2) is 0 Å². The number of hydrogen-bond acceptors (Lipinski definition) is 3. The van der Waals surface area contributed by atoms with Crippen LogP contribution in [-0.2, 0) is 17.8 Å². The van der Waals surface area contributed by atoms with Crippen LogP contribution < -0.4 is 10.5 Å². The van der Waals surface area contributed by atoms with E-state index in [4.69, 9.17) is 10.5 Å². The van der Waals surface area contributed by atoms with Gasteiger partial charge in [-0.3, -0.25) is 4.79 Å². The molecule has 1 amide bonds. The maximum absolute atomic E-state index is 13.1. The summed E-state index contributed by atoms with van der Waals surface area (Å²) in [5.41, 5.74) is 12.4. The van der Waals surface area contributed by atoms with E-state index < -0.39 is 6.04 Å². The molecule has 0 aliphatic carbocycles. The molecule has 1 saturated heterocycles. The Morgan fingerprint density at radius 2 is 1.43 bits per heavy atom. The topological polar surface area (TPSA) is 55.6 Å². The van der Waals surface area contributed by atoms with Crippen molar-refractivity contribution in [2.24, 2.45) is 5.73 Å². The summed E-state index contributed by atoms with van der Waals surface area (Å²) < 4.78 is 5.87. The number of likely N-dealkylation sites (tertiary alicyclic amines) is 1. The Labute approximate surface area is 219 Å². The van der Waals surface area contributed by atoms with Gasteiger partial charge in [0.15, 0.2) is 0 Å². The first-order chi connectivity index (χ1) is 18.2. The summed E-state index contributed by atoms with van der Waals surface area (Å²) >= 11 is 0. The van der Waals surface area contributed by atoms with Crippen molar-refractivity contribution in [2.45, 2.75) is 37.8 Å². The first-order valence-corrected chi connectivity index (χ1v) is 13.1. The van der Waals surface area contributed by atoms with Crippen LogP contribution in [0.5, 0.6) is 5.75 Å². The number of amides is 1. The molecule has 0 saturated carbocycles. The van der Waals surface area contributed by atoms with Crippen molar-refractivity contribution in [3.05, 3.63) is 126 Å². The molecule has 1 fully saturated rings. The Morgan fingerprint density at radius 3 is 2.14 bits per heavy atom. The minimum atomic E-state index is -0.533. The Kier molecular flexibility index (Phi) is 7.97. The SMILES string of the molecule is NC(Cc1ccc(OCc2ccccc2)cc1)C(=O)N1CCC(c2cccc(-c3ccccc3)c2)CC1. The van der Waals surface area contributed by atoms with Crippen molar-refractivity contribution in [1.29, 1.82) is 0 Å². The Hall–Kier alpha value is -3.89. The molecule has 1 heterocycles. The van der Waals surface area contributed by atoms with Crippen molar-refractivity contribution in [3.8, 4) is 16.9 Å². The fourth-order valence-electron chi connectivity index (χ4n) is 5.07. The fraction of sp³-hybridized carbons (Fsp3) is 0.242. The maximum Gasteiger partial charge on any atom is 0.239 e. The summed E-state index contributed by atoms with van der Waals surface area (Å²) in [7, 11) is 0. The van der Waals surface area contributed by atoms with E-state index in [-0.39, 0.29) is 5.91 Å². The average molecular weight is 491 g/mol. The van der Waals surface area contributed by atoms with Crippen molar-refractivity contribution < 1.29 is 9.53 Å². The first kappa shape index (κ1) is 24.8. The number of hydrogen-bond donors (Lipinski definition) is 1. The van der Waals surface area contributed by atoms with Crippen LogP contribution in [0.15, 0.2) is 109 Å². The lowest BCUT2D eigenvalue weighted by Crippen LogP contribution is -2.47. The summed E-state index contributed by atoms with van der Waals surface area (Å²) in [5, 5.41) is 0. The number of benzene rings is 4. The van der Waals surface area contributed by atoms with E-state index in [9.17, 15) is 4.79 Å². The van der Waals surface area contributed by atoms with Crippen molar-refractivity contribution >= 4 is 5.91 Å². The number of ether oxygens (including phenoxy) is 1. The monoisotopic (exact) mass is 490 g/mol. The van der Waals surface area contributed by atoms with Crippen LogP contribution in [0.4, 0.5) is 0 Å². The number of piperidine rings is 1. The van der Waals surface area contributed by atoms with Crippen LogP contribution in [-0.4, -0.2) is 29.9 Å². The minimum Gasteiger partial charge on any atom is -0.489 e. The summed E-state index contributed by atoms with van der Waals surface area (Å²) in [4.78, 5) is 15.0. The molecular weight excluding hydrogens is 456 g/mol. The van der Waals surface area contributed by atoms with Crippen LogP contribution in [0, 0.1) is 0 Å². The zero-order valence-corrected chi connectivity index (χ0v) is 21.1. The molecule has 37 heavy (non-hydrogen) atoms. The van der Waals surface area contributed by atoms with Gasteiger partial charge in [0.2, 0.25) is 5.91 Å². The van der Waals surface area contributed by atoms with Gasteiger partial charge in [0, 0.05) is 13.1 Å². The molecule has 0 spiro atoms. The number of rotatable bonds is 8. The number of nitrogens with zero attached hydrogens (tertiary/aromatic N) is 1. The average Bonchev–Trinajstić information content (AvgIpc) is 2.97. The van der Waals surface area contributed by atoms with Gasteiger partial charge in [-0.1, -0.05) is 97.1 Å². The van der Waals surface area contributed by atoms with Gasteiger partial charge in [-0.05, 0) is 65.1 Å². The van der Waals surface area contributed by atoms with Crippen molar-refractivity contribution in [2.75, 3.05) is 13.1 Å². The molecular formula is C33H34N2O2. The highest BCUT2D eigenvalue weighted by molar-refractivity contribution is 5.82. The Bertz CT molecular complexity index is 1280. The van der Waals surface area contributed by atoms with E-state index in [2.05, 4.69) is 48.5 Å². The molecule has 0 radical (unpaired) electrons. The molecule has 2 N–H and O–H groups in total. The molecule has 1 unspecified atom stereocenters. The summed E-state index contributed by atoms with van der Waals surface area (Å²) in [6.45, 7) is 2.03. The number of nitrogens with two attached hydrogens (primary N) is 1. The van der Waals surface area contributed by atoms with Crippen LogP contribution in [0.3, 0.4) is 0 Å². The smallest absolute Gasteiger partial charge is 0.239 e. The van der Waals surface area contributed by atoms with E-state index in [0.29, 0.717) is 18.9 Å². The standard InChI is InChI=1S/C33H34N2O2/c34-32(22-25-14-16-31(17-15-25)37-24-26-8-3-1-4-9-26)33(36)35-20-18-28(19-21-35)30-13-7-12-29(23-30)27-10-5-2-6-11-27/h1-17,23,28,32H,18-22,24,34H2. The van der Waals surface area contributed by atoms with Crippen LogP contribution >= 0.6 is 0 Å². The van der Waals surface area contributed by atoms with Crippen LogP contribution in [0.25, 0.3) is 11.1 Å². The second kappa shape index (κ2) is 11.9. The maximum atomic E-state index is 13.1. The van der Waals surface area contributed by atoms with E-state index in [1.54, 1.807) is 0 Å². The zero-order chi connectivity index (χ0) is 25.5. The molecule has 1 atom stereocenters. The lowest BCUT2D eigenvalue weighted by atomic mass is 9.87. The quantitative estimate of drug-likeness (QED) is 0.320. The molecule has 1 aliphatic rings. The second-order valence-corrected chi connectivity index (χ2v) is 9.82. The highest BCUT2D eigenvalue weighted by atomic mass is 16.5. The van der Waals surface area contributed by atoms with Crippen LogP contribution in [0.1, 0.15) is 35.4 Å².